The van der Waals surface area contributed by atoms with Gasteiger partial charge in [-0.2, -0.15) is 5.26 Å². The maximum Gasteiger partial charge on any atom is 0.272 e. The molecule has 0 bridgehead atoms. The minimum atomic E-state index is -1.25. The van der Waals surface area contributed by atoms with Gasteiger partial charge in [0, 0.05) is 50.4 Å². The van der Waals surface area contributed by atoms with E-state index in [1.807, 2.05) is 17.0 Å². The topological polar surface area (TPSA) is 116 Å². The fourth-order valence-corrected chi connectivity index (χ4v) is 5.68. The van der Waals surface area contributed by atoms with Crippen LogP contribution in [-0.2, 0) is 6.54 Å². The highest BCUT2D eigenvalue weighted by Crippen LogP contribution is 2.24. The molecule has 2 amide bonds. The number of likely N-dealkylation sites (tertiary alicyclic amines) is 2. The quantitative estimate of drug-likeness (QED) is 0.398. The normalized spacial score (nSPS) is 19.3. The van der Waals surface area contributed by atoms with Gasteiger partial charge in [0.05, 0.1) is 30.3 Å². The number of nitrogens with one attached hydrogen (secondary N) is 1. The third-order valence-corrected chi connectivity index (χ3v) is 8.18. The molecular weight excluding hydrogens is 549 g/mol. The van der Waals surface area contributed by atoms with Crippen molar-refractivity contribution in [3.63, 3.8) is 0 Å². The van der Waals surface area contributed by atoms with E-state index in [2.05, 4.69) is 16.4 Å². The largest absolute Gasteiger partial charge is 0.497 e. The van der Waals surface area contributed by atoms with Crippen molar-refractivity contribution in [2.75, 3.05) is 33.3 Å². The van der Waals surface area contributed by atoms with E-state index in [0.717, 1.165) is 5.56 Å². The molecule has 2 aliphatic rings. The summed E-state index contributed by atoms with van der Waals surface area (Å²) in [4.78, 5) is 46.7. The molecule has 1 aromatic heterocycles. The third-order valence-electron chi connectivity index (χ3n) is 8.18. The van der Waals surface area contributed by atoms with Crippen molar-refractivity contribution in [2.24, 2.45) is 5.92 Å². The Hall–Kier alpha value is -4.62. The zero-order chi connectivity index (χ0) is 30.3. The van der Waals surface area contributed by atoms with E-state index in [9.17, 15) is 14.4 Å². The summed E-state index contributed by atoms with van der Waals surface area (Å²) in [5.41, 5.74) is 2.62. The molecule has 9 nitrogen and oxygen atoms in total. The van der Waals surface area contributed by atoms with Gasteiger partial charge in [0.2, 0.25) is 0 Å². The first-order chi connectivity index (χ1) is 20.8. The number of alkyl halides is 1. The zero-order valence-electron chi connectivity index (χ0n) is 24.0. The van der Waals surface area contributed by atoms with Crippen molar-refractivity contribution < 1.29 is 23.5 Å². The number of carbonyl (C=O) groups is 3. The Morgan fingerprint density at radius 3 is 2.42 bits per heavy atom. The summed E-state index contributed by atoms with van der Waals surface area (Å²) in [6, 6.07) is 18.8. The number of hydrogen-bond acceptors (Lipinski definition) is 7. The molecule has 0 spiro atoms. The Labute approximate surface area is 250 Å². The summed E-state index contributed by atoms with van der Waals surface area (Å²) in [6.45, 7) is 2.20. The summed E-state index contributed by atoms with van der Waals surface area (Å²) in [5.74, 6) is -0.0880. The van der Waals surface area contributed by atoms with Crippen LogP contribution in [0.2, 0.25) is 0 Å². The molecule has 222 valence electrons. The zero-order valence-corrected chi connectivity index (χ0v) is 24.0. The molecule has 5 rings (SSSR count). The van der Waals surface area contributed by atoms with Crippen LogP contribution in [0.3, 0.4) is 0 Å². The van der Waals surface area contributed by atoms with E-state index >= 15 is 4.39 Å². The minimum Gasteiger partial charge on any atom is -0.497 e. The first kappa shape index (κ1) is 29.9. The van der Waals surface area contributed by atoms with Crippen molar-refractivity contribution in [1.82, 2.24) is 20.1 Å². The predicted molar refractivity (Wildman–Crippen MR) is 157 cm³/mol. The highest BCUT2D eigenvalue weighted by atomic mass is 19.1. The first-order valence-electron chi connectivity index (χ1n) is 14.4. The number of amides is 2. The van der Waals surface area contributed by atoms with Gasteiger partial charge in [-0.05, 0) is 73.4 Å². The summed E-state index contributed by atoms with van der Waals surface area (Å²) < 4.78 is 20.2. The summed E-state index contributed by atoms with van der Waals surface area (Å²) >= 11 is 0. The number of benzene rings is 2. The van der Waals surface area contributed by atoms with Crippen LogP contribution in [0.25, 0.3) is 0 Å². The smallest absolute Gasteiger partial charge is 0.272 e. The lowest BCUT2D eigenvalue weighted by molar-refractivity contribution is 0.0645. The maximum absolute atomic E-state index is 15.0. The van der Waals surface area contributed by atoms with Gasteiger partial charge < -0.3 is 15.0 Å². The Morgan fingerprint density at radius 2 is 1.77 bits per heavy atom. The van der Waals surface area contributed by atoms with E-state index in [4.69, 9.17) is 10.00 Å². The molecule has 0 radical (unpaired) electrons. The Bertz CT molecular complexity index is 1500. The highest BCUT2D eigenvalue weighted by Gasteiger charge is 2.31. The van der Waals surface area contributed by atoms with Crippen molar-refractivity contribution in [2.45, 2.75) is 38.0 Å². The van der Waals surface area contributed by atoms with Crippen LogP contribution in [0, 0.1) is 17.2 Å². The molecule has 43 heavy (non-hydrogen) atoms. The number of methoxy groups -OCH3 is 1. The molecule has 2 aliphatic heterocycles. The number of nitriles is 1. The number of aromatic nitrogens is 1. The highest BCUT2D eigenvalue weighted by molar-refractivity contribution is 5.99. The molecule has 0 aliphatic carbocycles. The van der Waals surface area contributed by atoms with Crippen LogP contribution in [0.4, 0.5) is 4.39 Å². The fraction of sp³-hybridized carbons (Fsp3) is 0.364. The van der Waals surface area contributed by atoms with Crippen LogP contribution in [0.1, 0.15) is 61.6 Å². The van der Waals surface area contributed by atoms with Crippen LogP contribution >= 0.6 is 0 Å². The number of carbonyl (C=O) groups excluding carboxylic acids is 3. The number of rotatable bonds is 8. The third kappa shape index (κ3) is 7.24. The van der Waals surface area contributed by atoms with Gasteiger partial charge in [-0.15, -0.1) is 0 Å². The molecule has 2 atom stereocenters. The SMILES string of the molecule is COc1ccc(C(=O)C2CCN(C(=O)c3ccc(C(=O)N[C@@H]4CCN(Cc5cccc(C#N)c5)C[C@@H]4F)cn3)CC2)cc1. The van der Waals surface area contributed by atoms with E-state index < -0.39 is 18.1 Å². The standard InChI is InChI=1S/C33H34FN5O4/c1-43-27-8-5-24(6-9-27)31(40)25-11-15-39(16-12-25)33(42)30-10-7-26(19-36-30)32(41)37-29-13-14-38(21-28(29)34)20-23-4-2-3-22(17-23)18-35/h2-10,17,19,25,28-29H,11-16,20-21H2,1H3,(H,37,41)/t28-,29+/m0/s1. The molecule has 0 saturated carbocycles. The number of piperidine rings is 2. The van der Waals surface area contributed by atoms with Gasteiger partial charge >= 0.3 is 0 Å². The van der Waals surface area contributed by atoms with Gasteiger partial charge in [-0.3, -0.25) is 24.3 Å². The maximum atomic E-state index is 15.0. The number of nitrogens with zero attached hydrogens (tertiary/aromatic N) is 4. The number of Topliss-reactive ketones (excluding diaryl/α,β-unsaturated/α-hetero) is 1. The lowest BCUT2D eigenvalue weighted by Gasteiger charge is -2.35. The van der Waals surface area contributed by atoms with Crippen LogP contribution in [0.5, 0.6) is 5.75 Å². The van der Waals surface area contributed by atoms with Crippen molar-refractivity contribution in [1.29, 1.82) is 5.26 Å². The minimum absolute atomic E-state index is 0.0646. The Balaban J connectivity index is 1.09. The fourth-order valence-electron chi connectivity index (χ4n) is 5.68. The Morgan fingerprint density at radius 1 is 1.02 bits per heavy atom. The first-order valence-corrected chi connectivity index (χ1v) is 14.4. The number of pyridine rings is 1. The summed E-state index contributed by atoms with van der Waals surface area (Å²) in [5, 5.41) is 11.9. The number of ether oxygens (including phenoxy) is 1. The van der Waals surface area contributed by atoms with Gasteiger partial charge in [-0.1, -0.05) is 12.1 Å². The van der Waals surface area contributed by atoms with Gasteiger partial charge in [-0.25, -0.2) is 4.39 Å². The van der Waals surface area contributed by atoms with Crippen LogP contribution < -0.4 is 10.1 Å². The molecule has 1 N–H and O–H groups in total. The second-order valence-electron chi connectivity index (χ2n) is 11.0. The summed E-state index contributed by atoms with van der Waals surface area (Å²) in [6.07, 6.45) is 1.67. The monoisotopic (exact) mass is 583 g/mol. The number of ketones is 1. The lowest BCUT2D eigenvalue weighted by atomic mass is 9.88. The number of hydrogen-bond donors (Lipinski definition) is 1. The molecule has 2 aromatic carbocycles. The van der Waals surface area contributed by atoms with E-state index in [0.29, 0.717) is 62.3 Å². The van der Waals surface area contributed by atoms with Crippen LogP contribution in [-0.4, -0.2) is 77.9 Å². The van der Waals surface area contributed by atoms with E-state index in [1.165, 1.54) is 18.3 Å². The predicted octanol–water partition coefficient (Wildman–Crippen LogP) is 4.04. The van der Waals surface area contributed by atoms with Crippen LogP contribution in [0.15, 0.2) is 66.9 Å². The van der Waals surface area contributed by atoms with E-state index in [1.54, 1.807) is 48.4 Å². The average molecular weight is 584 g/mol. The second-order valence-corrected chi connectivity index (χ2v) is 11.0. The molecule has 3 aromatic rings. The average Bonchev–Trinajstić information content (AvgIpc) is 3.05. The lowest BCUT2D eigenvalue weighted by Crippen LogP contribution is -2.52. The molecule has 0 unspecified atom stereocenters. The van der Waals surface area contributed by atoms with Gasteiger partial charge in [0.15, 0.2) is 5.78 Å². The molecule has 3 heterocycles. The van der Waals surface area contributed by atoms with Gasteiger partial charge in [0.25, 0.3) is 11.8 Å². The molecule has 10 heteroatoms. The van der Waals surface area contributed by atoms with Crippen molar-refractivity contribution >= 4 is 17.6 Å². The second kappa shape index (κ2) is 13.6. The molecule has 2 saturated heterocycles. The number of halogens is 1. The summed E-state index contributed by atoms with van der Waals surface area (Å²) in [7, 11) is 1.58. The van der Waals surface area contributed by atoms with E-state index in [-0.39, 0.29) is 35.4 Å². The van der Waals surface area contributed by atoms with Crippen molar-refractivity contribution in [3.8, 4) is 11.8 Å². The van der Waals surface area contributed by atoms with Crippen molar-refractivity contribution in [3.05, 3.63) is 94.8 Å². The molecular formula is C33H34FN5O4. The van der Waals surface area contributed by atoms with Gasteiger partial charge in [0.1, 0.15) is 17.6 Å². The Kier molecular flexibility index (Phi) is 9.42. The molecule has 2 fully saturated rings.